The van der Waals surface area contributed by atoms with Crippen molar-refractivity contribution in [3.05, 3.63) is 64.1 Å². The van der Waals surface area contributed by atoms with Gasteiger partial charge in [0, 0.05) is 12.3 Å². The zero-order chi connectivity index (χ0) is 17.5. The van der Waals surface area contributed by atoms with Crippen molar-refractivity contribution in [3.8, 4) is 5.75 Å². The van der Waals surface area contributed by atoms with Crippen molar-refractivity contribution in [1.29, 1.82) is 0 Å². The van der Waals surface area contributed by atoms with Crippen LogP contribution in [-0.2, 0) is 9.53 Å². The number of rotatable bonds is 6. The number of esters is 1. The maximum atomic E-state index is 12.3. The maximum absolute atomic E-state index is 12.3. The summed E-state index contributed by atoms with van der Waals surface area (Å²) in [5, 5.41) is 2.77. The van der Waals surface area contributed by atoms with E-state index in [2.05, 4.69) is 15.0 Å². The van der Waals surface area contributed by atoms with Crippen LogP contribution in [0.1, 0.15) is 28.4 Å². The maximum Gasteiger partial charge on any atom is 0.307 e. The van der Waals surface area contributed by atoms with Gasteiger partial charge in [-0.25, -0.2) is 0 Å². The van der Waals surface area contributed by atoms with Crippen molar-refractivity contribution in [2.45, 2.75) is 12.5 Å². The lowest BCUT2D eigenvalue weighted by Crippen LogP contribution is -2.30. The Labute approximate surface area is 138 Å². The molecule has 1 atom stereocenters. The molecule has 0 fully saturated rings. The summed E-state index contributed by atoms with van der Waals surface area (Å²) in [4.78, 5) is 37.5. The monoisotopic (exact) mass is 330 g/mol. The third-order valence-electron chi connectivity index (χ3n) is 3.47. The van der Waals surface area contributed by atoms with Gasteiger partial charge in [-0.15, -0.1) is 0 Å². The second-order valence-electron chi connectivity index (χ2n) is 5.02. The second kappa shape index (κ2) is 7.96. The predicted octanol–water partition coefficient (Wildman–Crippen LogP) is 1.42. The fraction of sp³-hybridized carbons (Fsp3) is 0.235. The van der Waals surface area contributed by atoms with E-state index in [1.807, 2.05) is 0 Å². The highest BCUT2D eigenvalue weighted by Gasteiger charge is 2.20. The zero-order valence-corrected chi connectivity index (χ0v) is 13.4. The van der Waals surface area contributed by atoms with Gasteiger partial charge in [-0.1, -0.05) is 12.1 Å². The van der Waals surface area contributed by atoms with E-state index in [1.165, 1.54) is 25.4 Å². The molecular weight excluding hydrogens is 312 g/mol. The normalized spacial score (nSPS) is 11.4. The second-order valence-corrected chi connectivity index (χ2v) is 5.02. The van der Waals surface area contributed by atoms with Gasteiger partial charge in [0.2, 0.25) is 5.56 Å². The molecule has 0 aliphatic heterocycles. The average molecular weight is 330 g/mol. The van der Waals surface area contributed by atoms with Gasteiger partial charge >= 0.3 is 5.97 Å². The molecule has 2 aromatic rings. The van der Waals surface area contributed by atoms with Crippen molar-refractivity contribution in [2.24, 2.45) is 0 Å². The van der Waals surface area contributed by atoms with Gasteiger partial charge < -0.3 is 19.8 Å². The lowest BCUT2D eigenvalue weighted by atomic mass is 10.0. The minimum absolute atomic E-state index is 0.0160. The number of aromatic nitrogens is 1. The van der Waals surface area contributed by atoms with E-state index >= 15 is 0 Å². The molecule has 0 bridgehead atoms. The molecule has 126 valence electrons. The van der Waals surface area contributed by atoms with E-state index in [1.54, 1.807) is 31.4 Å². The van der Waals surface area contributed by atoms with Crippen LogP contribution >= 0.6 is 0 Å². The first-order valence-corrected chi connectivity index (χ1v) is 7.24. The van der Waals surface area contributed by atoms with Crippen LogP contribution in [0.25, 0.3) is 0 Å². The molecule has 24 heavy (non-hydrogen) atoms. The smallest absolute Gasteiger partial charge is 0.307 e. The third-order valence-corrected chi connectivity index (χ3v) is 3.47. The number of hydrogen-bond donors (Lipinski definition) is 2. The Balaban J connectivity index is 2.21. The summed E-state index contributed by atoms with van der Waals surface area (Å²) >= 11 is 0. The standard InChI is InChI=1S/C17H18N2O5/c1-23-13-6-3-11(4-7-13)14(9-16(21)24-2)19-17(22)12-5-8-15(20)18-10-12/h3-8,10,14H,9H2,1-2H3,(H,18,20)(H,19,22). The van der Waals surface area contributed by atoms with Gasteiger partial charge in [-0.05, 0) is 23.8 Å². The number of methoxy groups -OCH3 is 2. The van der Waals surface area contributed by atoms with Gasteiger partial charge in [0.15, 0.2) is 0 Å². The number of aromatic amines is 1. The van der Waals surface area contributed by atoms with Gasteiger partial charge in [0.05, 0.1) is 32.2 Å². The molecule has 0 radical (unpaired) electrons. The Hall–Kier alpha value is -3.09. The number of carbonyl (C=O) groups is 2. The van der Waals surface area contributed by atoms with Crippen molar-refractivity contribution < 1.29 is 19.1 Å². The van der Waals surface area contributed by atoms with E-state index in [-0.39, 0.29) is 17.5 Å². The van der Waals surface area contributed by atoms with Gasteiger partial charge in [-0.3, -0.25) is 14.4 Å². The van der Waals surface area contributed by atoms with Crippen LogP contribution in [0.15, 0.2) is 47.4 Å². The van der Waals surface area contributed by atoms with Crippen LogP contribution in [0, 0.1) is 0 Å². The van der Waals surface area contributed by atoms with Crippen molar-refractivity contribution in [2.75, 3.05) is 14.2 Å². The first-order chi connectivity index (χ1) is 11.5. The van der Waals surface area contributed by atoms with Gasteiger partial charge in [0.1, 0.15) is 5.75 Å². The quantitative estimate of drug-likeness (QED) is 0.781. The number of benzene rings is 1. The molecule has 1 heterocycles. The fourth-order valence-electron chi connectivity index (χ4n) is 2.13. The zero-order valence-electron chi connectivity index (χ0n) is 13.4. The van der Waals surface area contributed by atoms with Crippen molar-refractivity contribution in [3.63, 3.8) is 0 Å². The molecular formula is C17H18N2O5. The number of carbonyl (C=O) groups excluding carboxylic acids is 2. The molecule has 0 saturated heterocycles. The topological polar surface area (TPSA) is 97.5 Å². The highest BCUT2D eigenvalue weighted by Crippen LogP contribution is 2.21. The molecule has 1 unspecified atom stereocenters. The van der Waals surface area contributed by atoms with E-state index in [0.29, 0.717) is 5.75 Å². The van der Waals surface area contributed by atoms with Gasteiger partial charge in [-0.2, -0.15) is 0 Å². The SMILES string of the molecule is COC(=O)CC(NC(=O)c1ccc(=O)[nH]c1)c1ccc(OC)cc1. The van der Waals surface area contributed by atoms with Crippen LogP contribution < -0.4 is 15.6 Å². The third kappa shape index (κ3) is 4.45. The number of H-pyrrole nitrogens is 1. The Morgan fingerprint density at radius 1 is 1.12 bits per heavy atom. The minimum Gasteiger partial charge on any atom is -0.497 e. The summed E-state index contributed by atoms with van der Waals surface area (Å²) in [5.41, 5.74) is 0.727. The number of amides is 1. The predicted molar refractivity (Wildman–Crippen MR) is 86.9 cm³/mol. The molecule has 7 nitrogen and oxygen atoms in total. The van der Waals surface area contributed by atoms with Crippen LogP contribution in [0.4, 0.5) is 0 Å². The first-order valence-electron chi connectivity index (χ1n) is 7.24. The fourth-order valence-corrected chi connectivity index (χ4v) is 2.13. The van der Waals surface area contributed by atoms with Crippen LogP contribution in [0.5, 0.6) is 5.75 Å². The summed E-state index contributed by atoms with van der Waals surface area (Å²) in [6.45, 7) is 0. The molecule has 1 amide bonds. The average Bonchev–Trinajstić information content (AvgIpc) is 2.61. The van der Waals surface area contributed by atoms with Crippen LogP contribution in [0.2, 0.25) is 0 Å². The Morgan fingerprint density at radius 3 is 2.38 bits per heavy atom. The number of hydrogen-bond acceptors (Lipinski definition) is 5. The van der Waals surface area contributed by atoms with Crippen LogP contribution in [0.3, 0.4) is 0 Å². The largest absolute Gasteiger partial charge is 0.497 e. The molecule has 0 spiro atoms. The van der Waals surface area contributed by atoms with E-state index in [4.69, 9.17) is 4.74 Å². The van der Waals surface area contributed by atoms with E-state index < -0.39 is 17.9 Å². The summed E-state index contributed by atoms with van der Waals surface area (Å²) in [5.74, 6) is -0.184. The molecule has 2 rings (SSSR count). The summed E-state index contributed by atoms with van der Waals surface area (Å²) in [6.07, 6.45) is 1.30. The molecule has 0 aliphatic carbocycles. The lowest BCUT2D eigenvalue weighted by molar-refractivity contribution is -0.141. The lowest BCUT2D eigenvalue weighted by Gasteiger charge is -2.18. The Kier molecular flexibility index (Phi) is 5.73. The summed E-state index contributed by atoms with van der Waals surface area (Å²) < 4.78 is 9.79. The number of ether oxygens (including phenoxy) is 2. The van der Waals surface area contributed by atoms with Crippen molar-refractivity contribution in [1.82, 2.24) is 10.3 Å². The molecule has 1 aromatic heterocycles. The molecule has 1 aromatic carbocycles. The molecule has 2 N–H and O–H groups in total. The van der Waals surface area contributed by atoms with E-state index in [0.717, 1.165) is 5.56 Å². The van der Waals surface area contributed by atoms with E-state index in [9.17, 15) is 14.4 Å². The highest BCUT2D eigenvalue weighted by molar-refractivity contribution is 5.94. The molecule has 0 saturated carbocycles. The first kappa shape index (κ1) is 17.3. The Morgan fingerprint density at radius 2 is 1.83 bits per heavy atom. The molecule has 0 aliphatic rings. The van der Waals surface area contributed by atoms with Gasteiger partial charge in [0.25, 0.3) is 5.91 Å². The number of nitrogens with one attached hydrogen (secondary N) is 2. The van der Waals surface area contributed by atoms with Crippen molar-refractivity contribution >= 4 is 11.9 Å². The number of pyridine rings is 1. The highest BCUT2D eigenvalue weighted by atomic mass is 16.5. The minimum atomic E-state index is -0.567. The molecule has 7 heteroatoms. The Bertz CT molecular complexity index is 747. The summed E-state index contributed by atoms with van der Waals surface area (Å²) in [7, 11) is 2.84. The van der Waals surface area contributed by atoms with Crippen LogP contribution in [-0.4, -0.2) is 31.1 Å². The summed E-state index contributed by atoms with van der Waals surface area (Å²) in [6, 6.07) is 9.12.